The Labute approximate surface area is 138 Å². The molecule has 4 nitrogen and oxygen atoms in total. The van der Waals surface area contributed by atoms with Gasteiger partial charge in [0.25, 0.3) is 0 Å². The minimum absolute atomic E-state index is 0.151. The number of nitrogens with zero attached hydrogens (tertiary/aromatic N) is 1. The van der Waals surface area contributed by atoms with Crippen molar-refractivity contribution in [1.82, 2.24) is 4.90 Å². The highest BCUT2D eigenvalue weighted by Gasteiger charge is 2.56. The van der Waals surface area contributed by atoms with Gasteiger partial charge >= 0.3 is 0 Å². The number of hydrogen-bond donors (Lipinski definition) is 1. The molecule has 3 rings (SSSR count). The second kappa shape index (κ2) is 7.02. The van der Waals surface area contributed by atoms with Crippen LogP contribution >= 0.6 is 0 Å². The van der Waals surface area contributed by atoms with Gasteiger partial charge in [-0.15, -0.1) is 0 Å². The summed E-state index contributed by atoms with van der Waals surface area (Å²) in [6.07, 6.45) is 4.30. The summed E-state index contributed by atoms with van der Waals surface area (Å²) in [6, 6.07) is 10.8. The molecule has 0 unspecified atom stereocenters. The van der Waals surface area contributed by atoms with Crippen LogP contribution < -0.4 is 0 Å². The third-order valence-electron chi connectivity index (χ3n) is 5.52. The molecule has 0 spiro atoms. The number of aliphatic hydroxyl groups excluding tert-OH is 1. The van der Waals surface area contributed by atoms with Crippen LogP contribution in [0.15, 0.2) is 30.3 Å². The van der Waals surface area contributed by atoms with E-state index in [0.29, 0.717) is 25.7 Å². The van der Waals surface area contributed by atoms with E-state index >= 15 is 0 Å². The Balaban J connectivity index is 1.73. The second-order valence-electron chi connectivity index (χ2n) is 6.88. The van der Waals surface area contributed by atoms with Crippen LogP contribution in [0.25, 0.3) is 0 Å². The minimum Gasteiger partial charge on any atom is -0.396 e. The van der Waals surface area contributed by atoms with Crippen molar-refractivity contribution in [3.8, 4) is 0 Å². The maximum Gasteiger partial charge on any atom is 0.225 e. The van der Waals surface area contributed by atoms with Crippen LogP contribution in [0.2, 0.25) is 0 Å². The molecule has 1 amide bonds. The van der Waals surface area contributed by atoms with Crippen molar-refractivity contribution in [2.75, 3.05) is 19.8 Å². The SMILES string of the molecule is CCOCCC(=O)N1[C@H]2CC[C@@H]1[C@@](CO)(Cc1ccccc1)C2. The lowest BCUT2D eigenvalue weighted by molar-refractivity contribution is -0.134. The lowest BCUT2D eigenvalue weighted by Gasteiger charge is -2.36. The molecule has 1 N–H and O–H groups in total. The average molecular weight is 317 g/mol. The maximum absolute atomic E-state index is 12.6. The lowest BCUT2D eigenvalue weighted by Crippen LogP contribution is -2.44. The molecule has 3 atom stereocenters. The first-order chi connectivity index (χ1) is 11.2. The molecule has 0 saturated carbocycles. The molecule has 1 aromatic carbocycles. The van der Waals surface area contributed by atoms with Gasteiger partial charge in [-0.1, -0.05) is 30.3 Å². The number of carbonyl (C=O) groups is 1. The quantitative estimate of drug-likeness (QED) is 0.786. The molecule has 0 radical (unpaired) electrons. The minimum atomic E-state index is -0.175. The van der Waals surface area contributed by atoms with Gasteiger partial charge in [-0.25, -0.2) is 0 Å². The number of rotatable bonds is 7. The molecular formula is C19H27NO3. The van der Waals surface area contributed by atoms with E-state index in [-0.39, 0.29) is 24.0 Å². The van der Waals surface area contributed by atoms with Crippen molar-refractivity contribution in [3.05, 3.63) is 35.9 Å². The van der Waals surface area contributed by atoms with Gasteiger partial charge in [-0.2, -0.15) is 0 Å². The molecule has 126 valence electrons. The standard InChI is InChI=1S/C19H27NO3/c1-2-23-11-10-18(22)20-16-8-9-17(20)19(13-16,14-21)12-15-6-4-3-5-7-15/h3-7,16-17,21H,2,8-14H2,1H3/t16-,17+,19-/m0/s1. The third kappa shape index (κ3) is 3.15. The molecule has 23 heavy (non-hydrogen) atoms. The largest absolute Gasteiger partial charge is 0.396 e. The van der Waals surface area contributed by atoms with Crippen molar-refractivity contribution in [3.63, 3.8) is 0 Å². The Kier molecular flexibility index (Phi) is 5.02. The van der Waals surface area contributed by atoms with Gasteiger partial charge in [-0.05, 0) is 38.2 Å². The molecule has 2 aliphatic rings. The van der Waals surface area contributed by atoms with Crippen LogP contribution in [0.4, 0.5) is 0 Å². The Morgan fingerprint density at radius 3 is 2.83 bits per heavy atom. The van der Waals surface area contributed by atoms with Gasteiger partial charge in [0.05, 0.1) is 19.6 Å². The van der Waals surface area contributed by atoms with Crippen molar-refractivity contribution in [2.24, 2.45) is 5.41 Å². The van der Waals surface area contributed by atoms with E-state index in [1.165, 1.54) is 5.56 Å². The van der Waals surface area contributed by atoms with Crippen LogP contribution in [0.5, 0.6) is 0 Å². The summed E-state index contributed by atoms with van der Waals surface area (Å²) >= 11 is 0. The number of hydrogen-bond acceptors (Lipinski definition) is 3. The first kappa shape index (κ1) is 16.5. The highest BCUT2D eigenvalue weighted by Crippen LogP contribution is 2.51. The second-order valence-corrected chi connectivity index (χ2v) is 6.88. The van der Waals surface area contributed by atoms with Crippen molar-refractivity contribution >= 4 is 5.91 Å². The summed E-state index contributed by atoms with van der Waals surface area (Å²) < 4.78 is 5.33. The highest BCUT2D eigenvalue weighted by atomic mass is 16.5. The molecule has 2 heterocycles. The van der Waals surface area contributed by atoms with E-state index in [1.54, 1.807) is 0 Å². The van der Waals surface area contributed by atoms with Crippen LogP contribution in [0, 0.1) is 5.41 Å². The molecule has 0 aromatic heterocycles. The van der Waals surface area contributed by atoms with Gasteiger partial charge in [0.2, 0.25) is 5.91 Å². The monoisotopic (exact) mass is 317 g/mol. The first-order valence-electron chi connectivity index (χ1n) is 8.74. The molecule has 0 aliphatic carbocycles. The topological polar surface area (TPSA) is 49.8 Å². The van der Waals surface area contributed by atoms with Crippen LogP contribution in [-0.4, -0.2) is 47.8 Å². The summed E-state index contributed by atoms with van der Waals surface area (Å²) in [4.78, 5) is 14.7. The predicted octanol–water partition coefficient (Wildman–Crippen LogP) is 2.40. The Bertz CT molecular complexity index is 533. The van der Waals surface area contributed by atoms with Crippen molar-refractivity contribution < 1.29 is 14.6 Å². The molecule has 1 aromatic rings. The molecule has 2 saturated heterocycles. The fourth-order valence-corrected chi connectivity index (χ4v) is 4.52. The summed E-state index contributed by atoms with van der Waals surface area (Å²) in [5.41, 5.74) is 1.07. The summed E-state index contributed by atoms with van der Waals surface area (Å²) in [5, 5.41) is 10.2. The Morgan fingerprint density at radius 2 is 2.13 bits per heavy atom. The number of fused-ring (bicyclic) bond motifs is 2. The highest BCUT2D eigenvalue weighted by molar-refractivity contribution is 5.78. The average Bonchev–Trinajstić information content (AvgIpc) is 3.12. The van der Waals surface area contributed by atoms with E-state index in [4.69, 9.17) is 4.74 Å². The predicted molar refractivity (Wildman–Crippen MR) is 89.0 cm³/mol. The van der Waals surface area contributed by atoms with E-state index in [9.17, 15) is 9.90 Å². The van der Waals surface area contributed by atoms with E-state index in [2.05, 4.69) is 17.0 Å². The van der Waals surface area contributed by atoms with Crippen LogP contribution in [0.1, 0.15) is 38.2 Å². The number of carbonyl (C=O) groups excluding carboxylic acids is 1. The summed E-state index contributed by atoms with van der Waals surface area (Å²) in [5.74, 6) is 0.189. The molecule has 2 aliphatic heterocycles. The molecular weight excluding hydrogens is 290 g/mol. The van der Waals surface area contributed by atoms with Crippen molar-refractivity contribution in [2.45, 2.75) is 51.1 Å². The van der Waals surface area contributed by atoms with Crippen molar-refractivity contribution in [1.29, 1.82) is 0 Å². The van der Waals surface area contributed by atoms with Gasteiger partial charge in [0, 0.05) is 24.1 Å². The molecule has 4 heteroatoms. The number of aliphatic hydroxyl groups is 1. The molecule has 2 bridgehead atoms. The Hall–Kier alpha value is -1.39. The smallest absolute Gasteiger partial charge is 0.225 e. The summed E-state index contributed by atoms with van der Waals surface area (Å²) in [6.45, 7) is 3.24. The fourth-order valence-electron chi connectivity index (χ4n) is 4.52. The van der Waals surface area contributed by atoms with Crippen LogP contribution in [0.3, 0.4) is 0 Å². The van der Waals surface area contributed by atoms with Gasteiger partial charge in [0.15, 0.2) is 0 Å². The number of ether oxygens (including phenoxy) is 1. The van der Waals surface area contributed by atoms with Gasteiger partial charge in [-0.3, -0.25) is 4.79 Å². The van der Waals surface area contributed by atoms with E-state index in [1.807, 2.05) is 25.1 Å². The first-order valence-corrected chi connectivity index (χ1v) is 8.74. The zero-order chi connectivity index (χ0) is 16.3. The van der Waals surface area contributed by atoms with Crippen LogP contribution in [-0.2, 0) is 16.0 Å². The zero-order valence-corrected chi connectivity index (χ0v) is 13.9. The number of amides is 1. The third-order valence-corrected chi connectivity index (χ3v) is 5.52. The lowest BCUT2D eigenvalue weighted by atomic mass is 9.70. The Morgan fingerprint density at radius 1 is 1.35 bits per heavy atom. The maximum atomic E-state index is 12.6. The number of benzene rings is 1. The zero-order valence-electron chi connectivity index (χ0n) is 13.9. The normalized spacial score (nSPS) is 29.2. The van der Waals surface area contributed by atoms with E-state index < -0.39 is 0 Å². The summed E-state index contributed by atoms with van der Waals surface area (Å²) in [7, 11) is 0. The van der Waals surface area contributed by atoms with E-state index in [0.717, 1.165) is 25.7 Å². The molecule has 2 fully saturated rings. The van der Waals surface area contributed by atoms with Gasteiger partial charge in [0.1, 0.15) is 0 Å². The van der Waals surface area contributed by atoms with Gasteiger partial charge < -0.3 is 14.7 Å². The fraction of sp³-hybridized carbons (Fsp3) is 0.632.